The fourth-order valence-corrected chi connectivity index (χ4v) is 2.85. The Bertz CT molecular complexity index is 595. The van der Waals surface area contributed by atoms with Crippen molar-refractivity contribution in [1.29, 1.82) is 0 Å². The monoisotopic (exact) mass is 289 g/mol. The lowest BCUT2D eigenvalue weighted by molar-refractivity contribution is 0.0745. The summed E-state index contributed by atoms with van der Waals surface area (Å²) in [7, 11) is 3.63. The molecule has 0 aliphatic carbocycles. The molecule has 0 aliphatic rings. The van der Waals surface area contributed by atoms with Gasteiger partial charge in [-0.25, -0.2) is 4.98 Å². The third-order valence-electron chi connectivity index (χ3n) is 3.31. The van der Waals surface area contributed by atoms with E-state index >= 15 is 0 Å². The van der Waals surface area contributed by atoms with Crippen LogP contribution in [0.1, 0.15) is 33.9 Å². The highest BCUT2D eigenvalue weighted by Crippen LogP contribution is 2.25. The first-order chi connectivity index (χ1) is 9.52. The Hall–Kier alpha value is -1.88. The molecule has 106 valence electrons. The van der Waals surface area contributed by atoms with Crippen LogP contribution in [0, 0.1) is 6.92 Å². The maximum absolute atomic E-state index is 12.6. The van der Waals surface area contributed by atoms with Gasteiger partial charge in [0.25, 0.3) is 5.91 Å². The smallest absolute Gasteiger partial charge is 0.254 e. The van der Waals surface area contributed by atoms with Gasteiger partial charge in [-0.2, -0.15) is 0 Å². The second kappa shape index (κ2) is 6.05. The first-order valence-electron chi connectivity index (χ1n) is 6.50. The van der Waals surface area contributed by atoms with Crippen molar-refractivity contribution in [2.24, 2.45) is 0 Å². The quantitative estimate of drug-likeness (QED) is 0.939. The third kappa shape index (κ3) is 2.99. The summed E-state index contributed by atoms with van der Waals surface area (Å²) in [6.45, 7) is 3.93. The van der Waals surface area contributed by atoms with E-state index in [1.165, 1.54) is 4.88 Å². The summed E-state index contributed by atoms with van der Waals surface area (Å²) in [5, 5.41) is 5.01. The normalized spacial score (nSPS) is 12.0. The van der Waals surface area contributed by atoms with Crippen LogP contribution >= 0.6 is 11.3 Å². The van der Waals surface area contributed by atoms with Gasteiger partial charge in [0.2, 0.25) is 0 Å². The number of rotatable bonds is 4. The summed E-state index contributed by atoms with van der Waals surface area (Å²) in [5.41, 5.74) is 1.49. The average molecular weight is 289 g/mol. The molecule has 20 heavy (non-hydrogen) atoms. The minimum Gasteiger partial charge on any atom is -0.373 e. The van der Waals surface area contributed by atoms with Crippen molar-refractivity contribution in [2.75, 3.05) is 19.4 Å². The largest absolute Gasteiger partial charge is 0.373 e. The van der Waals surface area contributed by atoms with Gasteiger partial charge in [0.15, 0.2) is 0 Å². The number of pyridine rings is 1. The molecule has 0 bridgehead atoms. The molecular weight excluding hydrogens is 270 g/mol. The number of thiophene rings is 1. The topological polar surface area (TPSA) is 45.2 Å². The minimum absolute atomic E-state index is 0.00731. The third-order valence-corrected chi connectivity index (χ3v) is 4.36. The Kier molecular flexibility index (Phi) is 4.39. The molecule has 0 spiro atoms. The van der Waals surface area contributed by atoms with Crippen LogP contribution in [0.5, 0.6) is 0 Å². The lowest BCUT2D eigenvalue weighted by Gasteiger charge is -2.24. The Labute approximate surface area is 123 Å². The zero-order valence-corrected chi connectivity index (χ0v) is 13.0. The minimum atomic E-state index is 0.00731. The molecule has 1 amide bonds. The Morgan fingerprint density at radius 2 is 2.20 bits per heavy atom. The van der Waals surface area contributed by atoms with Gasteiger partial charge in [-0.3, -0.25) is 4.79 Å². The van der Waals surface area contributed by atoms with Crippen molar-refractivity contribution < 1.29 is 4.79 Å². The number of carbonyl (C=O) groups excluding carboxylic acids is 1. The molecule has 4 nitrogen and oxygen atoms in total. The van der Waals surface area contributed by atoms with Crippen LogP contribution in [-0.4, -0.2) is 29.9 Å². The van der Waals surface area contributed by atoms with Crippen LogP contribution in [0.25, 0.3) is 0 Å². The van der Waals surface area contributed by atoms with E-state index in [-0.39, 0.29) is 11.9 Å². The van der Waals surface area contributed by atoms with Crippen LogP contribution in [0.2, 0.25) is 0 Å². The van der Waals surface area contributed by atoms with Gasteiger partial charge in [-0.05, 0) is 37.4 Å². The van der Waals surface area contributed by atoms with Crippen LogP contribution in [0.3, 0.4) is 0 Å². The number of nitrogens with one attached hydrogen (secondary N) is 1. The average Bonchev–Trinajstić information content (AvgIpc) is 2.98. The number of aryl methyl sites for hydroxylation is 1. The Morgan fingerprint density at radius 3 is 2.80 bits per heavy atom. The maximum atomic E-state index is 12.6. The molecule has 0 saturated heterocycles. The first kappa shape index (κ1) is 14.5. The van der Waals surface area contributed by atoms with E-state index in [4.69, 9.17) is 0 Å². The van der Waals surface area contributed by atoms with Crippen molar-refractivity contribution in [2.45, 2.75) is 19.9 Å². The molecule has 2 aromatic rings. The van der Waals surface area contributed by atoms with E-state index in [0.717, 1.165) is 5.69 Å². The van der Waals surface area contributed by atoms with Crippen LogP contribution in [0.15, 0.2) is 29.6 Å². The molecule has 1 N–H and O–H groups in total. The van der Waals surface area contributed by atoms with Gasteiger partial charge >= 0.3 is 0 Å². The predicted octanol–water partition coefficient (Wildman–Crippen LogP) is 3.33. The first-order valence-corrected chi connectivity index (χ1v) is 7.38. The summed E-state index contributed by atoms with van der Waals surface area (Å²) in [6.07, 6.45) is 0. The van der Waals surface area contributed by atoms with Gasteiger partial charge < -0.3 is 10.2 Å². The van der Waals surface area contributed by atoms with Crippen molar-refractivity contribution in [3.63, 3.8) is 0 Å². The number of anilines is 1. The molecular formula is C15H19N3OS. The maximum Gasteiger partial charge on any atom is 0.254 e. The number of amides is 1. The lowest BCUT2D eigenvalue weighted by atomic mass is 10.1. The highest BCUT2D eigenvalue weighted by Gasteiger charge is 2.20. The number of hydrogen-bond donors (Lipinski definition) is 1. The molecule has 0 radical (unpaired) electrons. The second-order valence-corrected chi connectivity index (χ2v) is 5.72. The number of hydrogen-bond acceptors (Lipinski definition) is 4. The number of carbonyl (C=O) groups is 1. The van der Waals surface area contributed by atoms with E-state index in [2.05, 4.69) is 16.4 Å². The Morgan fingerprint density at radius 1 is 1.45 bits per heavy atom. The molecule has 0 aromatic carbocycles. The summed E-state index contributed by atoms with van der Waals surface area (Å²) in [6, 6.07) is 7.72. The standard InChI is InChI=1S/C15H19N3OS/c1-10-8-12(9-14(16-3)17-10)15(19)18(4)11(2)13-6-5-7-20-13/h5-9,11H,1-4H3,(H,16,17). The van der Waals surface area contributed by atoms with Crippen LogP contribution in [-0.2, 0) is 0 Å². The van der Waals surface area contributed by atoms with E-state index in [1.54, 1.807) is 29.4 Å². The molecule has 0 fully saturated rings. The van der Waals surface area contributed by atoms with E-state index in [1.807, 2.05) is 38.4 Å². The fraction of sp³-hybridized carbons (Fsp3) is 0.333. The summed E-state index contributed by atoms with van der Waals surface area (Å²) in [5.74, 6) is 0.721. The van der Waals surface area contributed by atoms with Gasteiger partial charge in [-0.1, -0.05) is 6.07 Å². The van der Waals surface area contributed by atoms with E-state index in [9.17, 15) is 4.79 Å². The highest BCUT2D eigenvalue weighted by atomic mass is 32.1. The van der Waals surface area contributed by atoms with Gasteiger partial charge in [0.1, 0.15) is 5.82 Å². The second-order valence-electron chi connectivity index (χ2n) is 4.74. The summed E-state index contributed by atoms with van der Waals surface area (Å²) < 4.78 is 0. The van der Waals surface area contributed by atoms with Crippen molar-refractivity contribution >= 4 is 23.1 Å². The van der Waals surface area contributed by atoms with E-state index < -0.39 is 0 Å². The van der Waals surface area contributed by atoms with E-state index in [0.29, 0.717) is 11.4 Å². The lowest BCUT2D eigenvalue weighted by Crippen LogP contribution is -2.29. The molecule has 2 rings (SSSR count). The Balaban J connectivity index is 2.24. The molecule has 2 heterocycles. The molecule has 1 atom stereocenters. The van der Waals surface area contributed by atoms with Crippen LogP contribution in [0.4, 0.5) is 5.82 Å². The predicted molar refractivity (Wildman–Crippen MR) is 83.3 cm³/mol. The zero-order valence-electron chi connectivity index (χ0n) is 12.2. The van der Waals surface area contributed by atoms with Crippen molar-refractivity contribution in [1.82, 2.24) is 9.88 Å². The van der Waals surface area contributed by atoms with Crippen LogP contribution < -0.4 is 5.32 Å². The molecule has 0 saturated carbocycles. The van der Waals surface area contributed by atoms with Crippen molar-refractivity contribution in [3.05, 3.63) is 45.8 Å². The molecule has 0 aliphatic heterocycles. The molecule has 2 aromatic heterocycles. The SMILES string of the molecule is CNc1cc(C(=O)N(C)C(C)c2cccs2)cc(C)n1. The van der Waals surface area contributed by atoms with Crippen molar-refractivity contribution in [3.8, 4) is 0 Å². The zero-order chi connectivity index (χ0) is 14.7. The van der Waals surface area contributed by atoms with Gasteiger partial charge in [-0.15, -0.1) is 11.3 Å². The summed E-state index contributed by atoms with van der Waals surface area (Å²) >= 11 is 1.66. The molecule has 5 heteroatoms. The fourth-order valence-electron chi connectivity index (χ4n) is 2.02. The number of aromatic nitrogens is 1. The summed E-state index contributed by atoms with van der Waals surface area (Å²) in [4.78, 5) is 19.8. The van der Waals surface area contributed by atoms with Gasteiger partial charge in [0.05, 0.1) is 6.04 Å². The van der Waals surface area contributed by atoms with Gasteiger partial charge in [0, 0.05) is 30.2 Å². The number of nitrogens with zero attached hydrogens (tertiary/aromatic N) is 2. The highest BCUT2D eigenvalue weighted by molar-refractivity contribution is 7.10. The molecule has 1 unspecified atom stereocenters.